The molecule has 1 N–H and O–H groups in total. The van der Waals surface area contributed by atoms with E-state index in [1.165, 1.54) is 0 Å². The van der Waals surface area contributed by atoms with Crippen molar-refractivity contribution in [3.8, 4) is 6.01 Å². The summed E-state index contributed by atoms with van der Waals surface area (Å²) in [6.45, 7) is 26.0. The van der Waals surface area contributed by atoms with Gasteiger partial charge in [-0.25, -0.2) is 9.97 Å². The molecule has 8 heteroatoms. The van der Waals surface area contributed by atoms with Crippen LogP contribution in [0.4, 0.5) is 5.95 Å². The summed E-state index contributed by atoms with van der Waals surface area (Å²) in [6.07, 6.45) is 0. The molecule has 2 aromatic rings. The first kappa shape index (κ1) is 25.9. The Morgan fingerprint density at radius 1 is 0.531 bits per heavy atom. The van der Waals surface area contributed by atoms with E-state index in [9.17, 15) is 0 Å². The Labute approximate surface area is 193 Å². The zero-order valence-corrected chi connectivity index (χ0v) is 22.0. The summed E-state index contributed by atoms with van der Waals surface area (Å²) >= 11 is 0. The Kier molecular flexibility index (Phi) is 7.17. The molecule has 0 spiro atoms. The number of nitrogens with zero attached hydrogens (tertiary/aromatic N) is 6. The molecule has 0 bridgehead atoms. The van der Waals surface area contributed by atoms with E-state index in [2.05, 4.69) is 113 Å². The van der Waals surface area contributed by atoms with Crippen molar-refractivity contribution >= 4 is 5.95 Å². The van der Waals surface area contributed by atoms with E-state index in [1.807, 2.05) is 0 Å². The van der Waals surface area contributed by atoms with Crippen LogP contribution in [0.5, 0.6) is 6.01 Å². The van der Waals surface area contributed by atoms with Crippen molar-refractivity contribution in [3.05, 3.63) is 23.3 Å². The average molecular weight is 444 g/mol. The number of rotatable bonds is 5. The monoisotopic (exact) mass is 443 g/mol. The number of ether oxygens (including phenoxy) is 1. The Morgan fingerprint density at radius 2 is 0.875 bits per heavy atom. The molecule has 0 amide bonds. The number of anilines is 1. The summed E-state index contributed by atoms with van der Waals surface area (Å²) in [7, 11) is 0. The van der Waals surface area contributed by atoms with Crippen LogP contribution in [0.25, 0.3) is 0 Å². The second-order valence-electron chi connectivity index (χ2n) is 12.3. The fourth-order valence-corrected chi connectivity index (χ4v) is 2.52. The van der Waals surface area contributed by atoms with E-state index >= 15 is 0 Å². The fraction of sp³-hybridized carbons (Fsp3) is 0.750. The molecule has 0 radical (unpaired) electrons. The largest absolute Gasteiger partial charge is 0.461 e. The Morgan fingerprint density at radius 3 is 1.22 bits per heavy atom. The lowest BCUT2D eigenvalue weighted by atomic mass is 9.93. The van der Waals surface area contributed by atoms with Gasteiger partial charge in [-0.1, -0.05) is 83.1 Å². The summed E-state index contributed by atoms with van der Waals surface area (Å²) in [5.74, 6) is 3.54. The molecular formula is C24H41N7O. The first-order chi connectivity index (χ1) is 14.4. The number of hydrogen-bond acceptors (Lipinski definition) is 8. The quantitative estimate of drug-likeness (QED) is 0.662. The first-order valence-electron chi connectivity index (χ1n) is 11.3. The van der Waals surface area contributed by atoms with Gasteiger partial charge in [-0.15, -0.1) is 0 Å². The van der Waals surface area contributed by atoms with Gasteiger partial charge in [0.2, 0.25) is 5.95 Å². The predicted molar refractivity (Wildman–Crippen MR) is 128 cm³/mol. The average Bonchev–Trinajstić information content (AvgIpc) is 2.62. The van der Waals surface area contributed by atoms with Gasteiger partial charge < -0.3 is 10.1 Å². The molecule has 0 fully saturated rings. The predicted octanol–water partition coefficient (Wildman–Crippen LogP) is 4.74. The third-order valence-corrected chi connectivity index (χ3v) is 4.55. The minimum atomic E-state index is -0.198. The highest BCUT2D eigenvalue weighted by Gasteiger charge is 2.26. The third kappa shape index (κ3) is 7.07. The standard InChI is InChI=1S/C24H41N7O/c1-21(2,3)15-26-16(22(4,5)6)29-19(28-15)25-13-14-32-20-30-17(23(7,8)9)27-18(31-20)24(10,11)12/h13-14H2,1-12H3,(H,25,26,28,29). The van der Waals surface area contributed by atoms with Crippen molar-refractivity contribution in [3.63, 3.8) is 0 Å². The summed E-state index contributed by atoms with van der Waals surface area (Å²) in [5.41, 5.74) is -0.741. The van der Waals surface area contributed by atoms with Crippen LogP contribution in [0.2, 0.25) is 0 Å². The lowest BCUT2D eigenvalue weighted by molar-refractivity contribution is 0.295. The van der Waals surface area contributed by atoms with Crippen LogP contribution in [-0.4, -0.2) is 43.1 Å². The molecule has 0 aromatic carbocycles. The van der Waals surface area contributed by atoms with E-state index in [4.69, 9.17) is 9.72 Å². The highest BCUT2D eigenvalue weighted by atomic mass is 16.5. The molecule has 0 aliphatic carbocycles. The van der Waals surface area contributed by atoms with Crippen molar-refractivity contribution in [2.75, 3.05) is 18.5 Å². The van der Waals surface area contributed by atoms with Gasteiger partial charge in [-0.3, -0.25) is 0 Å². The number of hydrogen-bond donors (Lipinski definition) is 1. The maximum absolute atomic E-state index is 5.90. The van der Waals surface area contributed by atoms with Gasteiger partial charge in [0, 0.05) is 21.7 Å². The molecule has 178 valence electrons. The van der Waals surface area contributed by atoms with Gasteiger partial charge in [0.15, 0.2) is 0 Å². The van der Waals surface area contributed by atoms with Crippen LogP contribution in [0.3, 0.4) is 0 Å². The van der Waals surface area contributed by atoms with Crippen LogP contribution >= 0.6 is 0 Å². The van der Waals surface area contributed by atoms with Gasteiger partial charge in [0.05, 0.1) is 6.54 Å². The lowest BCUT2D eigenvalue weighted by Crippen LogP contribution is -2.26. The van der Waals surface area contributed by atoms with E-state index < -0.39 is 0 Å². The van der Waals surface area contributed by atoms with Crippen molar-refractivity contribution in [1.29, 1.82) is 0 Å². The second-order valence-corrected chi connectivity index (χ2v) is 12.3. The van der Waals surface area contributed by atoms with Crippen molar-refractivity contribution in [2.45, 2.75) is 105 Å². The van der Waals surface area contributed by atoms with Gasteiger partial charge in [0.1, 0.15) is 29.9 Å². The molecule has 0 saturated carbocycles. The van der Waals surface area contributed by atoms with Crippen LogP contribution in [0.1, 0.15) is 106 Å². The van der Waals surface area contributed by atoms with E-state index in [1.54, 1.807) is 0 Å². The fourth-order valence-electron chi connectivity index (χ4n) is 2.52. The molecule has 0 unspecified atom stereocenters. The topological polar surface area (TPSA) is 98.6 Å². The van der Waals surface area contributed by atoms with Crippen LogP contribution in [0, 0.1) is 0 Å². The summed E-state index contributed by atoms with van der Waals surface area (Å²) in [5, 5.41) is 3.27. The number of nitrogens with one attached hydrogen (secondary N) is 1. The normalized spacial score (nSPS) is 13.2. The van der Waals surface area contributed by atoms with Gasteiger partial charge in [-0.05, 0) is 0 Å². The lowest BCUT2D eigenvalue weighted by Gasteiger charge is -2.23. The SMILES string of the molecule is CC(C)(C)c1nc(NCCOc2nc(C(C)(C)C)nc(C(C)(C)C)n2)nc(C(C)(C)C)n1. The third-order valence-electron chi connectivity index (χ3n) is 4.55. The highest BCUT2D eigenvalue weighted by molar-refractivity contribution is 5.27. The second kappa shape index (κ2) is 8.87. The first-order valence-corrected chi connectivity index (χ1v) is 11.3. The molecule has 0 atom stereocenters. The maximum Gasteiger partial charge on any atom is 0.320 e. The highest BCUT2D eigenvalue weighted by Crippen LogP contribution is 2.26. The molecule has 0 aliphatic heterocycles. The summed E-state index contributed by atoms with van der Waals surface area (Å²) in [4.78, 5) is 27.7. The van der Waals surface area contributed by atoms with Crippen molar-refractivity contribution in [2.24, 2.45) is 0 Å². The zero-order valence-electron chi connectivity index (χ0n) is 22.0. The van der Waals surface area contributed by atoms with Crippen molar-refractivity contribution in [1.82, 2.24) is 29.9 Å². The van der Waals surface area contributed by atoms with Crippen LogP contribution < -0.4 is 10.1 Å². The smallest absolute Gasteiger partial charge is 0.320 e. The van der Waals surface area contributed by atoms with Gasteiger partial charge in [0.25, 0.3) is 0 Å². The van der Waals surface area contributed by atoms with Gasteiger partial charge >= 0.3 is 6.01 Å². The Balaban J connectivity index is 2.17. The van der Waals surface area contributed by atoms with E-state index in [-0.39, 0.29) is 21.7 Å². The molecule has 0 saturated heterocycles. The van der Waals surface area contributed by atoms with Crippen LogP contribution in [0.15, 0.2) is 0 Å². The maximum atomic E-state index is 5.90. The van der Waals surface area contributed by atoms with Gasteiger partial charge in [-0.2, -0.15) is 19.9 Å². The van der Waals surface area contributed by atoms with E-state index in [0.29, 0.717) is 25.1 Å². The van der Waals surface area contributed by atoms with Crippen molar-refractivity contribution < 1.29 is 4.74 Å². The number of aromatic nitrogens is 6. The van der Waals surface area contributed by atoms with E-state index in [0.717, 1.165) is 23.3 Å². The molecule has 32 heavy (non-hydrogen) atoms. The molecule has 2 aromatic heterocycles. The molecule has 2 heterocycles. The molecule has 0 aliphatic rings. The molecular weight excluding hydrogens is 402 g/mol. The van der Waals surface area contributed by atoms with Crippen LogP contribution in [-0.2, 0) is 21.7 Å². The minimum absolute atomic E-state index is 0.173. The molecule has 2 rings (SSSR count). The summed E-state index contributed by atoms with van der Waals surface area (Å²) in [6, 6.07) is 0.345. The Bertz CT molecular complexity index is 787. The zero-order chi connectivity index (χ0) is 24.5. The molecule has 8 nitrogen and oxygen atoms in total. The Hall–Kier alpha value is -2.38. The summed E-state index contributed by atoms with van der Waals surface area (Å²) < 4.78 is 5.90. The minimum Gasteiger partial charge on any atom is -0.461 e.